The molecule has 3 aromatic carbocycles. The number of hydrogen-bond acceptors (Lipinski definition) is 6. The van der Waals surface area contributed by atoms with Gasteiger partial charge in [-0.15, -0.1) is 0 Å². The van der Waals surface area contributed by atoms with E-state index in [4.69, 9.17) is 21.1 Å². The fourth-order valence-electron chi connectivity index (χ4n) is 4.90. The summed E-state index contributed by atoms with van der Waals surface area (Å²) in [5.41, 5.74) is 2.49. The molecule has 1 amide bonds. The maximum absolute atomic E-state index is 13.6. The van der Waals surface area contributed by atoms with E-state index in [2.05, 4.69) is 22.3 Å². The summed E-state index contributed by atoms with van der Waals surface area (Å²) in [6.45, 7) is 3.33. The Bertz CT molecular complexity index is 1410. The Balaban J connectivity index is 1.28. The highest BCUT2D eigenvalue weighted by Crippen LogP contribution is 2.39. The molecule has 3 aromatic rings. The molecule has 10 heteroatoms. The number of carbonyl (C=O) groups is 1. The molecule has 2 aliphatic heterocycles. The molecule has 0 bridgehead atoms. The molecule has 1 N–H and O–H groups in total. The van der Waals surface area contributed by atoms with Crippen molar-refractivity contribution in [2.75, 3.05) is 31.0 Å². The van der Waals surface area contributed by atoms with Gasteiger partial charge in [0.15, 0.2) is 6.10 Å². The molecule has 1 fully saturated rings. The van der Waals surface area contributed by atoms with Gasteiger partial charge in [-0.05, 0) is 79.5 Å². The third-order valence-electron chi connectivity index (χ3n) is 7.07. The summed E-state index contributed by atoms with van der Waals surface area (Å²) in [4.78, 5) is 15.7. The smallest absolute Gasteiger partial charge is 0.264 e. The second kappa shape index (κ2) is 11.9. The van der Waals surface area contributed by atoms with Crippen LogP contribution in [0.4, 0.5) is 5.69 Å². The van der Waals surface area contributed by atoms with Gasteiger partial charge in [-0.1, -0.05) is 42.3 Å². The van der Waals surface area contributed by atoms with Crippen molar-refractivity contribution in [2.45, 2.75) is 43.4 Å². The van der Waals surface area contributed by atoms with E-state index < -0.39 is 22.0 Å². The third-order valence-corrected chi connectivity index (χ3v) is 9.10. The molecule has 5 rings (SSSR count). The van der Waals surface area contributed by atoms with Crippen LogP contribution in [-0.4, -0.2) is 52.1 Å². The maximum atomic E-state index is 13.6. The number of sulfonamides is 1. The number of anilines is 1. The summed E-state index contributed by atoms with van der Waals surface area (Å²) in [6, 6.07) is 19.0. The zero-order valence-corrected chi connectivity index (χ0v) is 23.4. The number of hydrogen-bond donors (Lipinski definition) is 1. The van der Waals surface area contributed by atoms with Crippen molar-refractivity contribution < 1.29 is 22.7 Å². The first kappa shape index (κ1) is 27.3. The van der Waals surface area contributed by atoms with E-state index in [1.165, 1.54) is 54.4 Å². The summed E-state index contributed by atoms with van der Waals surface area (Å²) in [7, 11) is -2.50. The average Bonchev–Trinajstić information content (AvgIpc) is 2.96. The van der Waals surface area contributed by atoms with Gasteiger partial charge in [0.25, 0.3) is 15.9 Å². The topological polar surface area (TPSA) is 88.2 Å². The van der Waals surface area contributed by atoms with Gasteiger partial charge in [-0.25, -0.2) is 8.42 Å². The summed E-state index contributed by atoms with van der Waals surface area (Å²) < 4.78 is 39.5. The molecule has 0 spiro atoms. The van der Waals surface area contributed by atoms with Gasteiger partial charge < -0.3 is 14.8 Å². The van der Waals surface area contributed by atoms with E-state index in [0.29, 0.717) is 17.3 Å². The number of carbonyl (C=O) groups excluding carboxylic acids is 1. The van der Waals surface area contributed by atoms with Crippen molar-refractivity contribution in [3.63, 3.8) is 0 Å². The van der Waals surface area contributed by atoms with E-state index >= 15 is 0 Å². The van der Waals surface area contributed by atoms with E-state index in [0.717, 1.165) is 25.2 Å². The third kappa shape index (κ3) is 6.32. The van der Waals surface area contributed by atoms with Crippen molar-refractivity contribution in [3.8, 4) is 11.5 Å². The van der Waals surface area contributed by atoms with E-state index in [1.54, 1.807) is 24.3 Å². The Hall–Kier alpha value is -3.27. The van der Waals surface area contributed by atoms with Crippen LogP contribution >= 0.6 is 11.6 Å². The molecule has 0 saturated carbocycles. The Labute approximate surface area is 234 Å². The summed E-state index contributed by atoms with van der Waals surface area (Å²) >= 11 is 6.18. The predicted molar refractivity (Wildman–Crippen MR) is 151 cm³/mol. The van der Waals surface area contributed by atoms with Crippen molar-refractivity contribution >= 4 is 33.2 Å². The molecular formula is C29H32ClN3O5S. The van der Waals surface area contributed by atoms with Gasteiger partial charge >= 0.3 is 0 Å². The number of nitrogens with zero attached hydrogens (tertiary/aromatic N) is 2. The Morgan fingerprint density at radius 2 is 1.69 bits per heavy atom. The van der Waals surface area contributed by atoms with Gasteiger partial charge in [0, 0.05) is 18.1 Å². The molecule has 0 unspecified atom stereocenters. The number of nitrogens with one attached hydrogen (secondary N) is 1. The molecule has 1 saturated heterocycles. The molecule has 2 aliphatic rings. The number of amides is 1. The maximum Gasteiger partial charge on any atom is 0.264 e. The average molecular weight is 570 g/mol. The SMILES string of the molecule is COc1ccc(S(=O)(=O)N2C[C@@H](C(=O)NCc3ccc(CN4CCCCC4)cc3)Oc3ccc(Cl)cc32)cc1. The monoisotopic (exact) mass is 569 g/mol. The van der Waals surface area contributed by atoms with Crippen molar-refractivity contribution in [1.29, 1.82) is 0 Å². The summed E-state index contributed by atoms with van der Waals surface area (Å²) in [5, 5.41) is 3.26. The van der Waals surface area contributed by atoms with E-state index in [-0.39, 0.29) is 22.9 Å². The highest BCUT2D eigenvalue weighted by atomic mass is 35.5. The number of halogens is 1. The lowest BCUT2D eigenvalue weighted by Crippen LogP contribution is -2.50. The van der Waals surface area contributed by atoms with Gasteiger partial charge in [0.2, 0.25) is 0 Å². The first-order chi connectivity index (χ1) is 18.8. The Kier molecular flexibility index (Phi) is 8.30. The standard InChI is InChI=1S/C29H32ClN3O5S/c1-37-24-10-12-25(13-11-24)39(35,36)33-20-28(38-27-14-9-23(30)17-26(27)33)29(34)31-18-21-5-7-22(8-6-21)19-32-15-3-2-4-16-32/h5-14,17,28H,2-4,15-16,18-20H2,1H3,(H,31,34)/t28-/m0/s1. The van der Waals surface area contributed by atoms with Gasteiger partial charge in [-0.2, -0.15) is 0 Å². The summed E-state index contributed by atoms with van der Waals surface area (Å²) in [5.74, 6) is 0.407. The molecule has 1 atom stereocenters. The fraction of sp³-hybridized carbons (Fsp3) is 0.345. The minimum absolute atomic E-state index is 0.0694. The number of fused-ring (bicyclic) bond motifs is 1. The van der Waals surface area contributed by atoms with Crippen LogP contribution in [0.15, 0.2) is 71.6 Å². The van der Waals surface area contributed by atoms with Gasteiger partial charge in [0.05, 0.1) is 24.2 Å². The van der Waals surface area contributed by atoms with Crippen LogP contribution in [0.25, 0.3) is 0 Å². The number of likely N-dealkylation sites (tertiary alicyclic amines) is 1. The number of benzene rings is 3. The van der Waals surface area contributed by atoms with E-state index in [9.17, 15) is 13.2 Å². The van der Waals surface area contributed by atoms with Gasteiger partial charge in [-0.3, -0.25) is 14.0 Å². The van der Waals surface area contributed by atoms with Crippen LogP contribution in [-0.2, 0) is 27.9 Å². The van der Waals surface area contributed by atoms with Crippen molar-refractivity contribution in [1.82, 2.24) is 10.2 Å². The van der Waals surface area contributed by atoms with Crippen molar-refractivity contribution in [2.24, 2.45) is 0 Å². The lowest BCUT2D eigenvalue weighted by molar-refractivity contribution is -0.127. The lowest BCUT2D eigenvalue weighted by atomic mass is 10.1. The van der Waals surface area contributed by atoms with Crippen LogP contribution in [0, 0.1) is 0 Å². The lowest BCUT2D eigenvalue weighted by Gasteiger charge is -2.35. The first-order valence-electron chi connectivity index (χ1n) is 13.0. The first-order valence-corrected chi connectivity index (χ1v) is 14.9. The zero-order valence-electron chi connectivity index (χ0n) is 21.8. The number of rotatable bonds is 8. The van der Waals surface area contributed by atoms with Crippen LogP contribution in [0.2, 0.25) is 5.02 Å². The van der Waals surface area contributed by atoms with Crippen LogP contribution in [0.3, 0.4) is 0 Å². The molecule has 8 nitrogen and oxygen atoms in total. The molecule has 2 heterocycles. The molecule has 39 heavy (non-hydrogen) atoms. The van der Waals surface area contributed by atoms with Crippen LogP contribution in [0.1, 0.15) is 30.4 Å². The highest BCUT2D eigenvalue weighted by Gasteiger charge is 2.37. The minimum atomic E-state index is -4.01. The Morgan fingerprint density at radius 3 is 2.38 bits per heavy atom. The van der Waals surface area contributed by atoms with Crippen LogP contribution < -0.4 is 19.1 Å². The highest BCUT2D eigenvalue weighted by molar-refractivity contribution is 7.92. The van der Waals surface area contributed by atoms with Gasteiger partial charge in [0.1, 0.15) is 11.5 Å². The van der Waals surface area contributed by atoms with Crippen molar-refractivity contribution in [3.05, 3.63) is 82.9 Å². The molecule has 0 aromatic heterocycles. The number of ether oxygens (including phenoxy) is 2. The zero-order chi connectivity index (χ0) is 27.4. The fourth-order valence-corrected chi connectivity index (χ4v) is 6.54. The number of piperidine rings is 1. The molecule has 0 radical (unpaired) electrons. The van der Waals surface area contributed by atoms with Crippen LogP contribution in [0.5, 0.6) is 11.5 Å². The second-order valence-electron chi connectivity index (χ2n) is 9.80. The molecule has 0 aliphatic carbocycles. The Morgan fingerprint density at radius 1 is 1.00 bits per heavy atom. The number of methoxy groups -OCH3 is 1. The normalized spacial score (nSPS) is 17.7. The summed E-state index contributed by atoms with van der Waals surface area (Å²) in [6.07, 6.45) is 2.78. The molecular weight excluding hydrogens is 538 g/mol. The molecule has 206 valence electrons. The predicted octanol–water partition coefficient (Wildman–Crippen LogP) is 4.61. The second-order valence-corrected chi connectivity index (χ2v) is 12.1. The quantitative estimate of drug-likeness (QED) is 0.426. The minimum Gasteiger partial charge on any atom is -0.497 e. The largest absolute Gasteiger partial charge is 0.497 e. The van der Waals surface area contributed by atoms with E-state index in [1.807, 2.05) is 12.1 Å².